The van der Waals surface area contributed by atoms with Gasteiger partial charge in [0.15, 0.2) is 0 Å². The van der Waals surface area contributed by atoms with Gasteiger partial charge in [-0.25, -0.2) is 0 Å². The maximum Gasteiger partial charge on any atom is 0.448 e. The average Bonchev–Trinajstić information content (AvgIpc) is 1.89. The highest BCUT2D eigenvalue weighted by molar-refractivity contribution is 4.98. The van der Waals surface area contributed by atoms with E-state index in [0.29, 0.717) is 0 Å². The lowest BCUT2D eigenvalue weighted by molar-refractivity contribution is -0.113. The van der Waals surface area contributed by atoms with E-state index < -0.39 is 18.1 Å². The van der Waals surface area contributed by atoms with Crippen molar-refractivity contribution < 1.29 is 45.2 Å². The summed E-state index contributed by atoms with van der Waals surface area (Å²) in [5, 5.41) is 0. The second-order valence-electron chi connectivity index (χ2n) is 1.07. The molecular formula is C5H4F10-4. The zero-order valence-corrected chi connectivity index (χ0v) is 6.69. The summed E-state index contributed by atoms with van der Waals surface area (Å²) in [6.45, 7) is 6.00. The molecule has 0 bridgehead atoms. The van der Waals surface area contributed by atoms with Crippen molar-refractivity contribution in [2.45, 2.75) is 6.18 Å². The highest BCUT2D eigenvalue weighted by Gasteiger charge is 2.38. The molecule has 0 aromatic carbocycles. The molecule has 10 heteroatoms. The molecule has 0 aliphatic heterocycles. The van der Waals surface area contributed by atoms with Crippen LogP contribution in [0.5, 0.6) is 0 Å². The van der Waals surface area contributed by atoms with Gasteiger partial charge in [-0.2, -0.15) is 26.3 Å². The summed E-state index contributed by atoms with van der Waals surface area (Å²) in [4.78, 5) is 0. The lowest BCUT2D eigenvalue weighted by Crippen LogP contribution is -3.00. The van der Waals surface area contributed by atoms with Crippen LogP contribution in [0.1, 0.15) is 0 Å². The maximum atomic E-state index is 11.0. The monoisotopic (exact) mass is 254 g/mol. The molecule has 0 saturated carbocycles. The second kappa shape index (κ2) is 15.3. The molecular weight excluding hydrogens is 250 g/mol. The molecule has 0 saturated heterocycles. The molecule has 0 spiro atoms. The van der Waals surface area contributed by atoms with Crippen molar-refractivity contribution >= 4 is 0 Å². The molecule has 0 aliphatic carbocycles. The number of hydrogen-bond acceptors (Lipinski definition) is 0. The van der Waals surface area contributed by atoms with E-state index in [1.807, 2.05) is 0 Å². The summed E-state index contributed by atoms with van der Waals surface area (Å²) in [5.74, 6) is -3.33. The van der Waals surface area contributed by atoms with Gasteiger partial charge in [0, 0.05) is 0 Å². The zero-order chi connectivity index (χ0) is 9.65. The molecule has 0 aliphatic rings. The van der Waals surface area contributed by atoms with E-state index in [-0.39, 0.29) is 18.8 Å². The Hall–Kier alpha value is -1.22. The van der Waals surface area contributed by atoms with E-state index in [1.54, 1.807) is 0 Å². The minimum absolute atomic E-state index is 0. The van der Waals surface area contributed by atoms with Crippen molar-refractivity contribution in [2.24, 2.45) is 0 Å². The first kappa shape index (κ1) is 37.2. The number of allylic oxidation sites excluding steroid dienone is 1. The Kier molecular flexibility index (Phi) is 37.8. The van der Waals surface area contributed by atoms with E-state index in [9.17, 15) is 26.3 Å². The first-order valence-corrected chi connectivity index (χ1v) is 2.13. The van der Waals surface area contributed by atoms with E-state index in [1.165, 1.54) is 0 Å². The van der Waals surface area contributed by atoms with E-state index in [4.69, 9.17) is 0 Å². The smallest absolute Gasteiger partial charge is 0.448 e. The molecule has 0 rings (SSSR count). The van der Waals surface area contributed by atoms with Crippen molar-refractivity contribution in [3.8, 4) is 0 Å². The third-order valence-electron chi connectivity index (χ3n) is 0.415. The quantitative estimate of drug-likeness (QED) is 0.297. The van der Waals surface area contributed by atoms with Gasteiger partial charge >= 0.3 is 12.3 Å². The van der Waals surface area contributed by atoms with Gasteiger partial charge in [-0.3, -0.25) is 0 Å². The normalized spacial score (nSPS) is 7.07. The second-order valence-corrected chi connectivity index (χ2v) is 1.07. The summed E-state index contributed by atoms with van der Waals surface area (Å²) < 4.78 is 64.8. The number of alkyl halides is 3. The molecule has 0 atom stereocenters. The van der Waals surface area contributed by atoms with E-state index in [2.05, 4.69) is 13.2 Å². The Labute approximate surface area is 77.7 Å². The van der Waals surface area contributed by atoms with Gasteiger partial charge in [-0.15, -0.1) is 13.2 Å². The van der Waals surface area contributed by atoms with Crippen LogP contribution in [0.2, 0.25) is 0 Å². The van der Waals surface area contributed by atoms with Gasteiger partial charge in [0.05, 0.1) is 0 Å². The Morgan fingerprint density at radius 2 is 0.933 bits per heavy atom. The van der Waals surface area contributed by atoms with Crippen LogP contribution >= 0.6 is 0 Å². The first-order chi connectivity index (χ1) is 4.85. The molecule has 0 amide bonds. The van der Waals surface area contributed by atoms with Crippen LogP contribution in [0.15, 0.2) is 25.1 Å². The van der Waals surface area contributed by atoms with Gasteiger partial charge in [0.2, 0.25) is 0 Å². The molecule has 15 heavy (non-hydrogen) atoms. The maximum absolute atomic E-state index is 11.0. The Morgan fingerprint density at radius 1 is 0.733 bits per heavy atom. The van der Waals surface area contributed by atoms with Crippen LogP contribution in [0, 0.1) is 0 Å². The molecule has 98 valence electrons. The van der Waals surface area contributed by atoms with Gasteiger partial charge in [-0.05, 0) is 0 Å². The van der Waals surface area contributed by atoms with Gasteiger partial charge in [0.25, 0.3) is 5.83 Å². The predicted octanol–water partition coefficient (Wildman–Crippen LogP) is -8.56. The number of rotatable bonds is 0. The predicted molar refractivity (Wildman–Crippen MR) is 27.7 cm³/mol. The van der Waals surface area contributed by atoms with Gasteiger partial charge in [-0.1, -0.05) is 0 Å². The van der Waals surface area contributed by atoms with Crippen molar-refractivity contribution in [3.63, 3.8) is 0 Å². The van der Waals surface area contributed by atoms with Crippen molar-refractivity contribution in [1.29, 1.82) is 0 Å². The number of halogens is 10. The van der Waals surface area contributed by atoms with Crippen LogP contribution in [0.25, 0.3) is 0 Å². The van der Waals surface area contributed by atoms with Crippen LogP contribution in [0.4, 0.5) is 26.3 Å². The summed E-state index contributed by atoms with van der Waals surface area (Å²) in [7, 11) is 0. The standard InChI is InChI=1S/C3F6.C2H4.4FH/c4-1(2(5)6)3(7,8)9;1-2;;;;/h;1-2H2;4*1H/p-4. The SMILES string of the molecule is C=C.FC(F)=C(F)C(F)(F)F.[F-].[F-].[F-].[F-]. The van der Waals surface area contributed by atoms with Crippen LogP contribution in [0.3, 0.4) is 0 Å². The van der Waals surface area contributed by atoms with Crippen LogP contribution < -0.4 is 18.8 Å². The average molecular weight is 254 g/mol. The first-order valence-electron chi connectivity index (χ1n) is 2.13. The molecule has 0 aromatic rings. The summed E-state index contributed by atoms with van der Waals surface area (Å²) in [5.41, 5.74) is 0. The molecule has 0 fully saturated rings. The molecule has 0 radical (unpaired) electrons. The molecule has 0 nitrogen and oxygen atoms in total. The topological polar surface area (TPSA) is 0 Å². The van der Waals surface area contributed by atoms with Crippen LogP contribution in [-0.2, 0) is 0 Å². The summed E-state index contributed by atoms with van der Waals surface area (Å²) in [6.07, 6.45) is -8.90. The van der Waals surface area contributed by atoms with E-state index >= 15 is 0 Å². The fraction of sp³-hybridized carbons (Fsp3) is 0.200. The molecule has 0 unspecified atom stereocenters. The van der Waals surface area contributed by atoms with Crippen molar-refractivity contribution in [2.75, 3.05) is 0 Å². The van der Waals surface area contributed by atoms with Gasteiger partial charge in [0.1, 0.15) is 0 Å². The third-order valence-corrected chi connectivity index (χ3v) is 0.415. The molecule has 0 N–H and O–H groups in total. The number of hydrogen-bond donors (Lipinski definition) is 0. The Bertz CT molecular complexity index is 142. The van der Waals surface area contributed by atoms with Crippen LogP contribution in [-0.4, -0.2) is 6.18 Å². The van der Waals surface area contributed by atoms with Crippen molar-refractivity contribution in [3.05, 3.63) is 25.1 Å². The highest BCUT2D eigenvalue weighted by atomic mass is 19.4. The van der Waals surface area contributed by atoms with Crippen molar-refractivity contribution in [1.82, 2.24) is 0 Å². The minimum Gasteiger partial charge on any atom is -1.00 e. The Balaban J connectivity index is -0.0000000317. The molecule has 0 aromatic heterocycles. The summed E-state index contributed by atoms with van der Waals surface area (Å²) >= 11 is 0. The highest BCUT2D eigenvalue weighted by Crippen LogP contribution is 2.29. The lowest BCUT2D eigenvalue weighted by Gasteiger charge is -1.98. The molecule has 0 heterocycles. The minimum atomic E-state index is -5.56. The largest absolute Gasteiger partial charge is 1.00 e. The lowest BCUT2D eigenvalue weighted by atomic mass is 10.6. The summed E-state index contributed by atoms with van der Waals surface area (Å²) in [6, 6.07) is 0. The third kappa shape index (κ3) is 19.3. The Morgan fingerprint density at radius 3 is 0.933 bits per heavy atom. The fourth-order valence-corrected chi connectivity index (χ4v) is 0.107. The zero-order valence-electron chi connectivity index (χ0n) is 6.69. The fourth-order valence-electron chi connectivity index (χ4n) is 0.107. The van der Waals surface area contributed by atoms with E-state index in [0.717, 1.165) is 0 Å². The van der Waals surface area contributed by atoms with Gasteiger partial charge < -0.3 is 18.8 Å².